The van der Waals surface area contributed by atoms with Crippen LogP contribution in [0.2, 0.25) is 0 Å². The molecule has 1 heterocycles. The Morgan fingerprint density at radius 3 is 2.73 bits per heavy atom. The van der Waals surface area contributed by atoms with E-state index in [1.54, 1.807) is 28.9 Å². The third kappa shape index (κ3) is 2.79. The average Bonchev–Trinajstić information content (AvgIpc) is 2.59. The second-order valence-corrected chi connectivity index (χ2v) is 3.76. The molecule has 0 spiro atoms. The molecule has 15 heavy (non-hydrogen) atoms. The van der Waals surface area contributed by atoms with Crippen LogP contribution in [-0.2, 0) is 7.05 Å². The second-order valence-electron chi connectivity index (χ2n) is 3.76. The number of hydrogen-bond acceptors (Lipinski definition) is 3. The molecule has 0 radical (unpaired) electrons. The number of nitrogens with zero attached hydrogens (tertiary/aromatic N) is 3. The highest BCUT2D eigenvalue weighted by atomic mass is 16.2. The monoisotopic (exact) mass is 210 g/mol. The Hall–Kier alpha value is -1.36. The molecule has 5 nitrogen and oxygen atoms in total. The van der Waals surface area contributed by atoms with Crippen molar-refractivity contribution >= 4 is 5.91 Å². The third-order valence-corrected chi connectivity index (χ3v) is 2.19. The van der Waals surface area contributed by atoms with E-state index in [1.807, 2.05) is 13.8 Å². The van der Waals surface area contributed by atoms with Crippen molar-refractivity contribution in [2.45, 2.75) is 19.9 Å². The molecule has 0 aromatic carbocycles. The van der Waals surface area contributed by atoms with E-state index in [9.17, 15) is 4.79 Å². The van der Waals surface area contributed by atoms with Crippen molar-refractivity contribution in [2.75, 3.05) is 13.1 Å². The minimum absolute atomic E-state index is 0.0592. The van der Waals surface area contributed by atoms with Crippen molar-refractivity contribution in [1.82, 2.24) is 14.7 Å². The van der Waals surface area contributed by atoms with Crippen molar-refractivity contribution in [3.63, 3.8) is 0 Å². The lowest BCUT2D eigenvalue weighted by atomic mass is 10.2. The maximum absolute atomic E-state index is 12.0. The first-order valence-corrected chi connectivity index (χ1v) is 5.07. The zero-order valence-corrected chi connectivity index (χ0v) is 9.47. The van der Waals surface area contributed by atoms with E-state index in [-0.39, 0.29) is 11.9 Å². The van der Waals surface area contributed by atoms with Crippen LogP contribution < -0.4 is 5.73 Å². The molecule has 84 valence electrons. The van der Waals surface area contributed by atoms with Crippen LogP contribution in [0.3, 0.4) is 0 Å². The van der Waals surface area contributed by atoms with Gasteiger partial charge in [-0.3, -0.25) is 9.48 Å². The number of nitrogens with two attached hydrogens (primary N) is 1. The number of amides is 1. The molecule has 0 saturated heterocycles. The molecule has 0 aliphatic rings. The Morgan fingerprint density at radius 2 is 2.33 bits per heavy atom. The van der Waals surface area contributed by atoms with Crippen LogP contribution in [0, 0.1) is 0 Å². The molecular weight excluding hydrogens is 192 g/mol. The number of rotatable bonds is 4. The lowest BCUT2D eigenvalue weighted by molar-refractivity contribution is 0.0705. The van der Waals surface area contributed by atoms with E-state index in [0.29, 0.717) is 18.8 Å². The van der Waals surface area contributed by atoms with Crippen LogP contribution in [0.15, 0.2) is 12.3 Å². The molecule has 0 aliphatic heterocycles. The van der Waals surface area contributed by atoms with Gasteiger partial charge in [-0.2, -0.15) is 5.10 Å². The molecule has 0 fully saturated rings. The van der Waals surface area contributed by atoms with Crippen molar-refractivity contribution in [2.24, 2.45) is 12.8 Å². The maximum atomic E-state index is 12.0. The van der Waals surface area contributed by atoms with Crippen molar-refractivity contribution in [1.29, 1.82) is 0 Å². The molecule has 1 aromatic heterocycles. The van der Waals surface area contributed by atoms with Gasteiger partial charge in [-0.15, -0.1) is 0 Å². The Labute approximate surface area is 89.9 Å². The van der Waals surface area contributed by atoms with Gasteiger partial charge in [0.05, 0.1) is 0 Å². The van der Waals surface area contributed by atoms with Gasteiger partial charge in [-0.25, -0.2) is 0 Å². The van der Waals surface area contributed by atoms with Gasteiger partial charge >= 0.3 is 0 Å². The highest BCUT2D eigenvalue weighted by Crippen LogP contribution is 2.05. The van der Waals surface area contributed by atoms with E-state index in [0.717, 1.165) is 0 Å². The zero-order valence-electron chi connectivity index (χ0n) is 9.47. The van der Waals surface area contributed by atoms with Gasteiger partial charge in [0.1, 0.15) is 5.69 Å². The van der Waals surface area contributed by atoms with Gasteiger partial charge < -0.3 is 10.6 Å². The Kier molecular flexibility index (Phi) is 3.85. The molecule has 1 amide bonds. The highest BCUT2D eigenvalue weighted by Gasteiger charge is 2.19. The quantitative estimate of drug-likeness (QED) is 0.773. The summed E-state index contributed by atoms with van der Waals surface area (Å²) < 4.78 is 1.62. The standard InChI is InChI=1S/C10H18N4O/c1-8(2)14(7-5-11)10(15)9-4-6-13(3)12-9/h4,6,8H,5,7,11H2,1-3H3. The number of hydrogen-bond donors (Lipinski definition) is 1. The van der Waals surface area contributed by atoms with E-state index in [2.05, 4.69) is 5.10 Å². The van der Waals surface area contributed by atoms with Crippen LogP contribution in [0.1, 0.15) is 24.3 Å². The second kappa shape index (κ2) is 4.93. The van der Waals surface area contributed by atoms with Crippen molar-refractivity contribution in [3.8, 4) is 0 Å². The highest BCUT2D eigenvalue weighted by molar-refractivity contribution is 5.92. The van der Waals surface area contributed by atoms with Gasteiger partial charge in [-0.1, -0.05) is 0 Å². The molecule has 2 N–H and O–H groups in total. The van der Waals surface area contributed by atoms with Gasteiger partial charge in [0.25, 0.3) is 5.91 Å². The lowest BCUT2D eigenvalue weighted by Gasteiger charge is -2.25. The van der Waals surface area contributed by atoms with Gasteiger partial charge in [0.2, 0.25) is 0 Å². The summed E-state index contributed by atoms with van der Waals surface area (Å²) in [6.45, 7) is 4.97. The molecule has 1 aromatic rings. The van der Waals surface area contributed by atoms with Gasteiger partial charge in [0.15, 0.2) is 0 Å². The first kappa shape index (κ1) is 11.7. The summed E-state index contributed by atoms with van der Waals surface area (Å²) in [4.78, 5) is 13.7. The lowest BCUT2D eigenvalue weighted by Crippen LogP contribution is -2.40. The molecule has 1 rings (SSSR count). The predicted octanol–water partition coefficient (Wildman–Crippen LogP) is 0.229. The molecule has 0 atom stereocenters. The zero-order chi connectivity index (χ0) is 11.4. The van der Waals surface area contributed by atoms with Crippen LogP contribution in [0.4, 0.5) is 0 Å². The maximum Gasteiger partial charge on any atom is 0.274 e. The molecule has 0 aliphatic carbocycles. The first-order chi connectivity index (χ1) is 7.06. The summed E-state index contributed by atoms with van der Waals surface area (Å²) in [7, 11) is 1.79. The number of carbonyl (C=O) groups excluding carboxylic acids is 1. The van der Waals surface area contributed by atoms with Crippen molar-refractivity contribution < 1.29 is 4.79 Å². The topological polar surface area (TPSA) is 64.2 Å². The van der Waals surface area contributed by atoms with Crippen LogP contribution in [0.25, 0.3) is 0 Å². The van der Waals surface area contributed by atoms with Crippen LogP contribution in [0.5, 0.6) is 0 Å². The number of aryl methyl sites for hydroxylation is 1. The Balaban J connectivity index is 2.80. The fraction of sp³-hybridized carbons (Fsp3) is 0.600. The van der Waals surface area contributed by atoms with Gasteiger partial charge in [0, 0.05) is 32.4 Å². The largest absolute Gasteiger partial charge is 0.334 e. The summed E-state index contributed by atoms with van der Waals surface area (Å²) in [5.41, 5.74) is 5.94. The summed E-state index contributed by atoms with van der Waals surface area (Å²) in [5.74, 6) is -0.0592. The fourth-order valence-electron chi connectivity index (χ4n) is 1.41. The number of carbonyl (C=O) groups is 1. The summed E-state index contributed by atoms with van der Waals surface area (Å²) in [6.07, 6.45) is 1.76. The summed E-state index contributed by atoms with van der Waals surface area (Å²) >= 11 is 0. The summed E-state index contributed by atoms with van der Waals surface area (Å²) in [6, 6.07) is 1.86. The average molecular weight is 210 g/mol. The third-order valence-electron chi connectivity index (χ3n) is 2.19. The van der Waals surface area contributed by atoms with E-state index in [4.69, 9.17) is 5.73 Å². The van der Waals surface area contributed by atoms with E-state index >= 15 is 0 Å². The van der Waals surface area contributed by atoms with Gasteiger partial charge in [-0.05, 0) is 19.9 Å². The van der Waals surface area contributed by atoms with E-state index in [1.165, 1.54) is 0 Å². The smallest absolute Gasteiger partial charge is 0.274 e. The molecule has 0 unspecified atom stereocenters. The first-order valence-electron chi connectivity index (χ1n) is 5.07. The van der Waals surface area contributed by atoms with Crippen LogP contribution in [-0.4, -0.2) is 39.7 Å². The Morgan fingerprint density at radius 1 is 1.67 bits per heavy atom. The van der Waals surface area contributed by atoms with Crippen molar-refractivity contribution in [3.05, 3.63) is 18.0 Å². The molecular formula is C10H18N4O. The minimum Gasteiger partial charge on any atom is -0.334 e. The normalized spacial score (nSPS) is 10.7. The molecule has 5 heteroatoms. The Bertz CT molecular complexity index is 332. The summed E-state index contributed by atoms with van der Waals surface area (Å²) in [5, 5.41) is 4.08. The SMILES string of the molecule is CC(C)N(CCN)C(=O)c1ccn(C)n1. The predicted molar refractivity (Wildman–Crippen MR) is 58.4 cm³/mol. The van der Waals surface area contributed by atoms with E-state index < -0.39 is 0 Å². The van der Waals surface area contributed by atoms with Crippen LogP contribution >= 0.6 is 0 Å². The molecule has 0 saturated carbocycles. The minimum atomic E-state index is -0.0592. The number of aromatic nitrogens is 2. The fourth-order valence-corrected chi connectivity index (χ4v) is 1.41. The molecule has 0 bridgehead atoms.